The zero-order chi connectivity index (χ0) is 22.8. The van der Waals surface area contributed by atoms with E-state index in [1.54, 1.807) is 24.3 Å². The third kappa shape index (κ3) is 4.84. The van der Waals surface area contributed by atoms with Crippen LogP contribution >= 0.6 is 11.3 Å². The van der Waals surface area contributed by atoms with E-state index in [1.807, 2.05) is 0 Å². The second-order valence-electron chi connectivity index (χ2n) is 8.61. The SMILES string of the molecule is Cc1cc(CC(=O)N2C[C@H](O)C[C@H]2C(=O)CCc2ccc(-c3sccc3C)c(C)c2)on1. The second-order valence-corrected chi connectivity index (χ2v) is 9.53. The van der Waals surface area contributed by atoms with Crippen LogP contribution in [0.15, 0.2) is 40.2 Å². The molecule has 2 atom stereocenters. The summed E-state index contributed by atoms with van der Waals surface area (Å²) in [6.45, 7) is 6.18. The molecule has 0 unspecified atom stereocenters. The maximum Gasteiger partial charge on any atom is 0.231 e. The van der Waals surface area contributed by atoms with E-state index in [0.717, 1.165) is 5.56 Å². The summed E-state index contributed by atoms with van der Waals surface area (Å²) in [7, 11) is 0. The topological polar surface area (TPSA) is 83.6 Å². The molecule has 32 heavy (non-hydrogen) atoms. The largest absolute Gasteiger partial charge is 0.391 e. The zero-order valence-corrected chi connectivity index (χ0v) is 19.4. The number of aromatic nitrogens is 1. The minimum atomic E-state index is -0.681. The molecule has 1 fully saturated rings. The van der Waals surface area contributed by atoms with Crippen LogP contribution in [-0.4, -0.2) is 45.5 Å². The predicted molar refractivity (Wildman–Crippen MR) is 124 cm³/mol. The van der Waals surface area contributed by atoms with Gasteiger partial charge < -0.3 is 14.5 Å². The lowest BCUT2D eigenvalue weighted by molar-refractivity contribution is -0.137. The van der Waals surface area contributed by atoms with E-state index in [-0.39, 0.29) is 31.1 Å². The number of rotatable bonds is 7. The van der Waals surface area contributed by atoms with Crippen LogP contribution in [0.5, 0.6) is 0 Å². The summed E-state index contributed by atoms with van der Waals surface area (Å²) >= 11 is 1.74. The quantitative estimate of drug-likeness (QED) is 0.585. The Hall–Kier alpha value is -2.77. The van der Waals surface area contributed by atoms with Crippen molar-refractivity contribution in [2.45, 2.75) is 58.6 Å². The molecule has 1 aliphatic heterocycles. The number of aliphatic hydroxyl groups is 1. The maximum absolute atomic E-state index is 13.0. The monoisotopic (exact) mass is 452 g/mol. The molecule has 0 aliphatic carbocycles. The molecule has 1 aromatic carbocycles. The van der Waals surface area contributed by atoms with Gasteiger partial charge in [-0.25, -0.2) is 0 Å². The summed E-state index contributed by atoms with van der Waals surface area (Å²) < 4.78 is 5.13. The highest BCUT2D eigenvalue weighted by Gasteiger charge is 2.38. The minimum absolute atomic E-state index is 0.0144. The van der Waals surface area contributed by atoms with Gasteiger partial charge in [-0.15, -0.1) is 11.3 Å². The van der Waals surface area contributed by atoms with Gasteiger partial charge in [0.2, 0.25) is 5.91 Å². The summed E-state index contributed by atoms with van der Waals surface area (Å²) in [6, 6.07) is 9.59. The van der Waals surface area contributed by atoms with E-state index in [2.05, 4.69) is 48.6 Å². The van der Waals surface area contributed by atoms with Crippen LogP contribution in [0, 0.1) is 20.8 Å². The highest BCUT2D eigenvalue weighted by Crippen LogP contribution is 2.32. The lowest BCUT2D eigenvalue weighted by Gasteiger charge is -2.23. The highest BCUT2D eigenvalue weighted by molar-refractivity contribution is 7.13. The number of hydrogen-bond donors (Lipinski definition) is 1. The van der Waals surface area contributed by atoms with Crippen LogP contribution in [0.25, 0.3) is 10.4 Å². The number of ketones is 1. The number of β-amino-alcohol motifs (C(OH)–C–C–N with tert-alkyl or cyclic N) is 1. The lowest BCUT2D eigenvalue weighted by Crippen LogP contribution is -2.41. The number of aliphatic hydroxyl groups excluding tert-OH is 1. The summed E-state index contributed by atoms with van der Waals surface area (Å²) in [6.07, 6.45) is 0.592. The number of carbonyl (C=O) groups excluding carboxylic acids is 2. The van der Waals surface area contributed by atoms with E-state index in [4.69, 9.17) is 4.52 Å². The average molecular weight is 453 g/mol. The summed E-state index contributed by atoms with van der Waals surface area (Å²) in [4.78, 5) is 28.5. The normalized spacial score (nSPS) is 18.3. The number of Topliss-reactive ketones (excluding diaryl/α,β-unsaturated/α-hetero) is 1. The van der Waals surface area contributed by atoms with Crippen molar-refractivity contribution in [2.24, 2.45) is 0 Å². The Labute approximate surface area is 191 Å². The first-order valence-electron chi connectivity index (χ1n) is 10.9. The number of nitrogens with zero attached hydrogens (tertiary/aromatic N) is 2. The molecule has 2 aromatic heterocycles. The van der Waals surface area contributed by atoms with Crippen molar-refractivity contribution in [2.75, 3.05) is 6.54 Å². The summed E-state index contributed by atoms with van der Waals surface area (Å²) in [5.74, 6) is 0.235. The molecule has 168 valence electrons. The van der Waals surface area contributed by atoms with Crippen molar-refractivity contribution in [1.29, 1.82) is 0 Å². The fourth-order valence-corrected chi connectivity index (χ4v) is 5.38. The number of aryl methyl sites for hydroxylation is 4. The van der Waals surface area contributed by atoms with Crippen LogP contribution in [0.2, 0.25) is 0 Å². The Balaban J connectivity index is 1.39. The zero-order valence-electron chi connectivity index (χ0n) is 18.6. The van der Waals surface area contributed by atoms with Crippen molar-refractivity contribution in [3.8, 4) is 10.4 Å². The molecule has 4 rings (SSSR count). The molecule has 1 amide bonds. The fourth-order valence-electron chi connectivity index (χ4n) is 4.36. The van der Waals surface area contributed by atoms with Gasteiger partial charge in [-0.1, -0.05) is 23.4 Å². The third-order valence-electron chi connectivity index (χ3n) is 6.03. The Morgan fingerprint density at radius 1 is 1.19 bits per heavy atom. The first kappa shape index (κ1) is 22.4. The molecule has 1 saturated heterocycles. The van der Waals surface area contributed by atoms with Crippen LogP contribution in [0.3, 0.4) is 0 Å². The molecule has 1 N–H and O–H groups in total. The smallest absolute Gasteiger partial charge is 0.231 e. The van der Waals surface area contributed by atoms with E-state index in [9.17, 15) is 14.7 Å². The first-order chi connectivity index (χ1) is 15.3. The van der Waals surface area contributed by atoms with Crippen LogP contribution in [0.1, 0.15) is 41.0 Å². The van der Waals surface area contributed by atoms with Crippen molar-refractivity contribution < 1.29 is 19.2 Å². The van der Waals surface area contributed by atoms with Crippen LogP contribution < -0.4 is 0 Å². The lowest BCUT2D eigenvalue weighted by atomic mass is 9.97. The highest BCUT2D eigenvalue weighted by atomic mass is 32.1. The van der Waals surface area contributed by atoms with Gasteiger partial charge in [0, 0.05) is 30.3 Å². The van der Waals surface area contributed by atoms with Gasteiger partial charge in [0.05, 0.1) is 24.3 Å². The predicted octanol–water partition coefficient (Wildman–Crippen LogP) is 4.03. The molecule has 1 aliphatic rings. The van der Waals surface area contributed by atoms with Gasteiger partial charge in [0.1, 0.15) is 5.76 Å². The van der Waals surface area contributed by atoms with Gasteiger partial charge in [-0.3, -0.25) is 9.59 Å². The number of hydrogen-bond acceptors (Lipinski definition) is 6. The molecule has 0 saturated carbocycles. The molecular formula is C25H28N2O4S. The van der Waals surface area contributed by atoms with E-state index >= 15 is 0 Å². The average Bonchev–Trinajstić information content (AvgIpc) is 3.46. The van der Waals surface area contributed by atoms with Crippen molar-refractivity contribution in [3.05, 3.63) is 63.9 Å². The van der Waals surface area contributed by atoms with Crippen LogP contribution in [-0.2, 0) is 22.4 Å². The van der Waals surface area contributed by atoms with Gasteiger partial charge in [-0.2, -0.15) is 0 Å². The second kappa shape index (κ2) is 9.38. The minimum Gasteiger partial charge on any atom is -0.391 e. The molecule has 0 bridgehead atoms. The maximum atomic E-state index is 13.0. The molecule has 3 aromatic rings. The standard InChI is InChI=1S/C25H28N2O4S/c1-15-8-9-32-25(15)21-6-4-18(10-16(21)2)5-7-23(29)22-12-19(28)14-27(22)24(30)13-20-11-17(3)26-31-20/h4,6,8-11,19,22,28H,5,7,12-14H2,1-3H3/t19-,22+/m1/s1. The van der Waals surface area contributed by atoms with E-state index in [1.165, 1.54) is 26.5 Å². The number of thiophene rings is 1. The Bertz CT molecular complexity index is 1130. The molecule has 0 spiro atoms. The van der Waals surface area contributed by atoms with Gasteiger partial charge >= 0.3 is 0 Å². The summed E-state index contributed by atoms with van der Waals surface area (Å²) in [5.41, 5.74) is 5.49. The van der Waals surface area contributed by atoms with E-state index < -0.39 is 12.1 Å². The van der Waals surface area contributed by atoms with Crippen molar-refractivity contribution >= 4 is 23.0 Å². The Kier molecular flexibility index (Phi) is 6.58. The molecule has 0 radical (unpaired) electrons. The molecular weight excluding hydrogens is 424 g/mol. The Morgan fingerprint density at radius 3 is 2.66 bits per heavy atom. The van der Waals surface area contributed by atoms with Crippen LogP contribution in [0.4, 0.5) is 0 Å². The number of likely N-dealkylation sites (tertiary alicyclic amines) is 1. The number of benzene rings is 1. The molecule has 7 heteroatoms. The van der Waals surface area contributed by atoms with Gasteiger partial charge in [-0.05, 0) is 60.9 Å². The fraction of sp³-hybridized carbons (Fsp3) is 0.400. The number of carbonyl (C=O) groups is 2. The van der Waals surface area contributed by atoms with Gasteiger partial charge in [0.15, 0.2) is 5.78 Å². The Morgan fingerprint density at radius 2 is 2.00 bits per heavy atom. The van der Waals surface area contributed by atoms with Crippen molar-refractivity contribution in [3.63, 3.8) is 0 Å². The van der Waals surface area contributed by atoms with Crippen molar-refractivity contribution in [1.82, 2.24) is 10.1 Å². The van der Waals surface area contributed by atoms with Gasteiger partial charge in [0.25, 0.3) is 0 Å². The summed E-state index contributed by atoms with van der Waals surface area (Å²) in [5, 5.41) is 16.0. The third-order valence-corrected chi connectivity index (χ3v) is 7.08. The first-order valence-corrected chi connectivity index (χ1v) is 11.8. The van der Waals surface area contributed by atoms with E-state index in [0.29, 0.717) is 24.3 Å². The molecule has 6 nitrogen and oxygen atoms in total. The molecule has 3 heterocycles. The number of amides is 1.